The molecule has 19 heavy (non-hydrogen) atoms. The van der Waals surface area contributed by atoms with Crippen LogP contribution in [0.2, 0.25) is 0 Å². The quantitative estimate of drug-likeness (QED) is 0.832. The zero-order chi connectivity index (χ0) is 13.3. The second kappa shape index (κ2) is 4.71. The maximum atomic E-state index is 12.0. The van der Waals surface area contributed by atoms with Gasteiger partial charge in [0.25, 0.3) is 0 Å². The number of aromatic nitrogens is 1. The van der Waals surface area contributed by atoms with Gasteiger partial charge >= 0.3 is 10.1 Å². The van der Waals surface area contributed by atoms with Crippen molar-refractivity contribution in [1.82, 2.24) is 10.3 Å². The van der Waals surface area contributed by atoms with Crippen molar-refractivity contribution in [1.29, 1.82) is 0 Å². The highest BCUT2D eigenvalue weighted by Gasteiger charge is 2.22. The maximum absolute atomic E-state index is 12.0. The van der Waals surface area contributed by atoms with Gasteiger partial charge in [0.1, 0.15) is 5.75 Å². The highest BCUT2D eigenvalue weighted by molar-refractivity contribution is 7.86. The third-order valence-electron chi connectivity index (χ3n) is 3.05. The van der Waals surface area contributed by atoms with Gasteiger partial charge in [-0.15, -0.1) is 0 Å². The van der Waals surface area contributed by atoms with Crippen molar-refractivity contribution in [3.63, 3.8) is 0 Å². The van der Waals surface area contributed by atoms with E-state index in [1.807, 2.05) is 6.07 Å². The molecule has 0 bridgehead atoms. The predicted molar refractivity (Wildman–Crippen MR) is 71.0 cm³/mol. The van der Waals surface area contributed by atoms with Crippen molar-refractivity contribution in [3.05, 3.63) is 53.2 Å². The van der Waals surface area contributed by atoms with Crippen LogP contribution in [0.15, 0.2) is 36.5 Å². The van der Waals surface area contributed by atoms with Crippen LogP contribution in [0.3, 0.4) is 0 Å². The number of fused-ring (bicyclic) bond motifs is 1. The van der Waals surface area contributed by atoms with Crippen LogP contribution in [-0.4, -0.2) is 13.4 Å². The highest BCUT2D eigenvalue weighted by Crippen LogP contribution is 2.27. The van der Waals surface area contributed by atoms with Crippen molar-refractivity contribution >= 4 is 10.1 Å². The van der Waals surface area contributed by atoms with E-state index in [0.29, 0.717) is 18.0 Å². The van der Waals surface area contributed by atoms with E-state index in [0.717, 1.165) is 17.7 Å². The Hall–Kier alpha value is -1.79. The van der Waals surface area contributed by atoms with Crippen molar-refractivity contribution in [2.45, 2.75) is 18.8 Å². The lowest BCUT2D eigenvalue weighted by atomic mass is 10.2. The standard InChI is InChI=1S/C13H14N2O3S/c16-19(17,9-10-4-2-1-3-5-10)18-13-12-8-14-6-11(12)7-15-13/h1-5,7,14-15H,6,8-9H2. The van der Waals surface area contributed by atoms with E-state index < -0.39 is 10.1 Å². The van der Waals surface area contributed by atoms with Crippen LogP contribution in [0.1, 0.15) is 16.7 Å². The van der Waals surface area contributed by atoms with Gasteiger partial charge in [-0.3, -0.25) is 0 Å². The molecule has 0 radical (unpaired) electrons. The first-order valence-corrected chi connectivity index (χ1v) is 7.58. The highest BCUT2D eigenvalue weighted by atomic mass is 32.2. The summed E-state index contributed by atoms with van der Waals surface area (Å²) in [5, 5.41) is 3.15. The van der Waals surface area contributed by atoms with Crippen molar-refractivity contribution in [3.8, 4) is 5.88 Å². The molecule has 0 aliphatic carbocycles. The first-order chi connectivity index (χ1) is 9.14. The lowest BCUT2D eigenvalue weighted by Crippen LogP contribution is -2.13. The minimum absolute atomic E-state index is 0.130. The summed E-state index contributed by atoms with van der Waals surface area (Å²) in [5.41, 5.74) is 2.67. The molecule has 1 aromatic heterocycles. The molecular formula is C13H14N2O3S. The molecule has 0 spiro atoms. The molecule has 6 heteroatoms. The number of hydrogen-bond acceptors (Lipinski definition) is 4. The maximum Gasteiger partial charge on any atom is 0.314 e. The van der Waals surface area contributed by atoms with Crippen molar-refractivity contribution in [2.24, 2.45) is 0 Å². The third-order valence-corrected chi connectivity index (χ3v) is 4.16. The Morgan fingerprint density at radius 3 is 2.74 bits per heavy atom. The summed E-state index contributed by atoms with van der Waals surface area (Å²) in [4.78, 5) is 2.88. The first kappa shape index (κ1) is 12.3. The summed E-state index contributed by atoms with van der Waals surface area (Å²) in [6.45, 7) is 1.38. The lowest BCUT2D eigenvalue weighted by molar-refractivity contribution is 0.473. The number of benzene rings is 1. The second-order valence-electron chi connectivity index (χ2n) is 4.50. The first-order valence-electron chi connectivity index (χ1n) is 6.00. The largest absolute Gasteiger partial charge is 0.363 e. The number of H-pyrrole nitrogens is 1. The number of aromatic amines is 1. The lowest BCUT2D eigenvalue weighted by Gasteiger charge is -2.06. The topological polar surface area (TPSA) is 71.2 Å². The van der Waals surface area contributed by atoms with Gasteiger partial charge < -0.3 is 14.5 Å². The van der Waals surface area contributed by atoms with Crippen LogP contribution in [0.4, 0.5) is 0 Å². The van der Waals surface area contributed by atoms with E-state index in [1.54, 1.807) is 30.5 Å². The molecule has 0 atom stereocenters. The van der Waals surface area contributed by atoms with Gasteiger partial charge in [0.05, 0.1) is 0 Å². The van der Waals surface area contributed by atoms with Crippen molar-refractivity contribution in [2.75, 3.05) is 0 Å². The van der Waals surface area contributed by atoms with Gasteiger partial charge in [0.15, 0.2) is 0 Å². The zero-order valence-corrected chi connectivity index (χ0v) is 11.0. The van der Waals surface area contributed by atoms with Crippen LogP contribution in [0.5, 0.6) is 5.88 Å². The Morgan fingerprint density at radius 1 is 1.16 bits per heavy atom. The number of hydrogen-bond donors (Lipinski definition) is 2. The van der Waals surface area contributed by atoms with Crippen molar-refractivity contribution < 1.29 is 12.6 Å². The fraction of sp³-hybridized carbons (Fsp3) is 0.231. The van der Waals surface area contributed by atoms with Crippen LogP contribution in [-0.2, 0) is 29.0 Å². The minimum Gasteiger partial charge on any atom is -0.363 e. The molecule has 2 heterocycles. The summed E-state index contributed by atoms with van der Waals surface area (Å²) in [6, 6.07) is 8.99. The third kappa shape index (κ3) is 2.64. The molecule has 3 rings (SSSR count). The Bertz CT molecular complexity index is 677. The summed E-state index contributed by atoms with van der Waals surface area (Å²) in [7, 11) is -3.64. The van der Waals surface area contributed by atoms with Gasteiger partial charge in [0, 0.05) is 24.8 Å². The van der Waals surface area contributed by atoms with Gasteiger partial charge in [-0.2, -0.15) is 8.42 Å². The van der Waals surface area contributed by atoms with Crippen LogP contribution < -0.4 is 9.50 Å². The Labute approximate surface area is 111 Å². The average molecular weight is 278 g/mol. The summed E-state index contributed by atoms with van der Waals surface area (Å²) >= 11 is 0. The van der Waals surface area contributed by atoms with Crippen LogP contribution in [0.25, 0.3) is 0 Å². The SMILES string of the molecule is O=S(=O)(Cc1ccccc1)Oc1[nH]cc2c1CNC2. The molecule has 5 nitrogen and oxygen atoms in total. The Kier molecular flexibility index (Phi) is 3.04. The fourth-order valence-electron chi connectivity index (χ4n) is 2.16. The second-order valence-corrected chi connectivity index (χ2v) is 6.07. The van der Waals surface area contributed by atoms with Gasteiger partial charge in [-0.1, -0.05) is 30.3 Å². The van der Waals surface area contributed by atoms with E-state index in [-0.39, 0.29) is 5.75 Å². The van der Waals surface area contributed by atoms with Gasteiger partial charge in [-0.05, 0) is 11.1 Å². The predicted octanol–water partition coefficient (Wildman–Crippen LogP) is 1.53. The molecule has 1 aliphatic rings. The summed E-state index contributed by atoms with van der Waals surface area (Å²) in [6.07, 6.45) is 1.78. The molecule has 0 saturated carbocycles. The fourth-order valence-corrected chi connectivity index (χ4v) is 3.22. The molecular weight excluding hydrogens is 264 g/mol. The molecule has 1 aromatic carbocycles. The Balaban J connectivity index is 1.78. The van der Waals surface area contributed by atoms with E-state index in [4.69, 9.17) is 4.18 Å². The molecule has 0 amide bonds. The Morgan fingerprint density at radius 2 is 1.95 bits per heavy atom. The van der Waals surface area contributed by atoms with Gasteiger partial charge in [-0.25, -0.2) is 0 Å². The molecule has 2 N–H and O–H groups in total. The van der Waals surface area contributed by atoms with E-state index in [2.05, 4.69) is 10.3 Å². The zero-order valence-electron chi connectivity index (χ0n) is 10.2. The van der Waals surface area contributed by atoms with E-state index in [1.165, 1.54) is 0 Å². The molecule has 0 unspecified atom stereocenters. The molecule has 1 aliphatic heterocycles. The summed E-state index contributed by atoms with van der Waals surface area (Å²) < 4.78 is 29.2. The molecule has 100 valence electrons. The van der Waals surface area contributed by atoms with E-state index >= 15 is 0 Å². The molecule has 2 aromatic rings. The molecule has 0 saturated heterocycles. The summed E-state index contributed by atoms with van der Waals surface area (Å²) in [5.74, 6) is 0.200. The normalized spacial score (nSPS) is 14.3. The van der Waals surface area contributed by atoms with E-state index in [9.17, 15) is 8.42 Å². The minimum atomic E-state index is -3.64. The van der Waals surface area contributed by atoms with Crippen LogP contribution in [0, 0.1) is 0 Å². The number of rotatable bonds is 4. The number of nitrogens with one attached hydrogen (secondary N) is 2. The monoisotopic (exact) mass is 278 g/mol. The average Bonchev–Trinajstić information content (AvgIpc) is 2.95. The smallest absolute Gasteiger partial charge is 0.314 e. The molecule has 0 fully saturated rings. The van der Waals surface area contributed by atoms with Crippen LogP contribution >= 0.6 is 0 Å². The van der Waals surface area contributed by atoms with Gasteiger partial charge in [0.2, 0.25) is 5.88 Å².